The molecule has 1 heterocycles. The Labute approximate surface area is 99.5 Å². The molecule has 17 heavy (non-hydrogen) atoms. The number of hydrogen-bond donors (Lipinski definition) is 1. The van der Waals surface area contributed by atoms with Gasteiger partial charge >= 0.3 is 0 Å². The van der Waals surface area contributed by atoms with Crippen LogP contribution in [0.4, 0.5) is 0 Å². The van der Waals surface area contributed by atoms with E-state index in [0.717, 1.165) is 0 Å². The second kappa shape index (κ2) is 6.78. The van der Waals surface area contributed by atoms with Crippen LogP contribution >= 0.6 is 0 Å². The molecule has 0 aromatic carbocycles. The van der Waals surface area contributed by atoms with Gasteiger partial charge in [-0.25, -0.2) is 0 Å². The molecule has 1 rings (SSSR count). The molecule has 0 bridgehead atoms. The first-order valence-corrected chi connectivity index (χ1v) is 5.40. The molecule has 0 radical (unpaired) electrons. The Morgan fingerprint density at radius 1 is 1.53 bits per heavy atom. The summed E-state index contributed by atoms with van der Waals surface area (Å²) in [6, 6.07) is 1.92. The first kappa shape index (κ1) is 13.4. The number of hydrogen-bond acceptors (Lipinski definition) is 5. The Hall–Kier alpha value is -1.71. The molecular weight excluding hydrogens is 222 g/mol. The van der Waals surface area contributed by atoms with E-state index in [4.69, 9.17) is 14.7 Å². The van der Waals surface area contributed by atoms with Crippen molar-refractivity contribution in [1.82, 2.24) is 10.2 Å². The number of ketones is 1. The Kier molecular flexibility index (Phi) is 5.33. The highest BCUT2D eigenvalue weighted by molar-refractivity contribution is 5.99. The summed E-state index contributed by atoms with van der Waals surface area (Å²) in [5.41, 5.74) is 0.348. The van der Waals surface area contributed by atoms with Gasteiger partial charge in [-0.15, -0.1) is 0 Å². The molecule has 0 aliphatic carbocycles. The molecule has 1 N–H and O–H groups in total. The first-order chi connectivity index (χ1) is 8.24. The van der Waals surface area contributed by atoms with Crippen molar-refractivity contribution in [2.75, 3.05) is 13.2 Å². The monoisotopic (exact) mass is 237 g/mol. The number of nitriles is 1. The van der Waals surface area contributed by atoms with Gasteiger partial charge in [0, 0.05) is 19.4 Å². The summed E-state index contributed by atoms with van der Waals surface area (Å²) in [6.45, 7) is 4.31. The lowest BCUT2D eigenvalue weighted by Gasteiger charge is -2.20. The molecule has 6 heteroatoms. The van der Waals surface area contributed by atoms with E-state index in [9.17, 15) is 4.79 Å². The number of rotatable bonds is 7. The van der Waals surface area contributed by atoms with E-state index in [1.807, 2.05) is 6.07 Å². The third-order valence-electron chi connectivity index (χ3n) is 2.14. The van der Waals surface area contributed by atoms with E-state index in [1.54, 1.807) is 13.8 Å². The van der Waals surface area contributed by atoms with Gasteiger partial charge in [0.2, 0.25) is 0 Å². The van der Waals surface area contributed by atoms with Crippen molar-refractivity contribution in [3.8, 4) is 6.07 Å². The van der Waals surface area contributed by atoms with Crippen LogP contribution in [-0.2, 0) is 9.47 Å². The Morgan fingerprint density at radius 3 is 2.59 bits per heavy atom. The maximum absolute atomic E-state index is 12.0. The average Bonchev–Trinajstić information content (AvgIpc) is 2.84. The summed E-state index contributed by atoms with van der Waals surface area (Å²) in [5.74, 6) is -1.33. The number of Topliss-reactive ketones (excluding diaryl/α,β-unsaturated/α-hetero) is 1. The number of carbonyl (C=O) groups is 1. The van der Waals surface area contributed by atoms with Crippen LogP contribution in [0.5, 0.6) is 0 Å². The fraction of sp³-hybridized carbons (Fsp3) is 0.545. The molecule has 0 amide bonds. The van der Waals surface area contributed by atoms with E-state index in [-0.39, 0.29) is 5.78 Å². The first-order valence-electron chi connectivity index (χ1n) is 5.40. The van der Waals surface area contributed by atoms with Crippen LogP contribution in [0, 0.1) is 17.2 Å². The fourth-order valence-corrected chi connectivity index (χ4v) is 1.38. The maximum Gasteiger partial charge on any atom is 0.188 e. The summed E-state index contributed by atoms with van der Waals surface area (Å²) in [4.78, 5) is 12.0. The van der Waals surface area contributed by atoms with Crippen LogP contribution in [0.25, 0.3) is 0 Å². The highest BCUT2D eigenvalue weighted by atomic mass is 16.7. The van der Waals surface area contributed by atoms with Crippen molar-refractivity contribution >= 4 is 5.78 Å². The highest BCUT2D eigenvalue weighted by Crippen LogP contribution is 2.15. The Morgan fingerprint density at radius 2 is 2.18 bits per heavy atom. The summed E-state index contributed by atoms with van der Waals surface area (Å²) in [6.07, 6.45) is 1.99. The van der Waals surface area contributed by atoms with Gasteiger partial charge in [-0.3, -0.25) is 9.89 Å². The normalized spacial score (nSPS) is 12.4. The summed E-state index contributed by atoms with van der Waals surface area (Å²) in [7, 11) is 0. The number of aromatic amines is 1. The molecule has 1 unspecified atom stereocenters. The van der Waals surface area contributed by atoms with Gasteiger partial charge in [0.1, 0.15) is 0 Å². The van der Waals surface area contributed by atoms with Crippen LogP contribution in [0.1, 0.15) is 24.2 Å². The number of ether oxygens (including phenoxy) is 2. The van der Waals surface area contributed by atoms with E-state index in [0.29, 0.717) is 18.8 Å². The van der Waals surface area contributed by atoms with E-state index >= 15 is 0 Å². The molecule has 0 saturated carbocycles. The van der Waals surface area contributed by atoms with Crippen molar-refractivity contribution in [3.63, 3.8) is 0 Å². The van der Waals surface area contributed by atoms with Crippen molar-refractivity contribution < 1.29 is 14.3 Å². The maximum atomic E-state index is 12.0. The Balaban J connectivity index is 2.82. The molecule has 0 aliphatic rings. The Bertz CT molecular complexity index is 377. The van der Waals surface area contributed by atoms with Crippen LogP contribution in [0.3, 0.4) is 0 Å². The zero-order valence-electron chi connectivity index (χ0n) is 9.84. The molecule has 0 spiro atoms. The molecule has 1 atom stereocenters. The number of aromatic nitrogens is 2. The third-order valence-corrected chi connectivity index (χ3v) is 2.14. The molecule has 6 nitrogen and oxygen atoms in total. The highest BCUT2D eigenvalue weighted by Gasteiger charge is 2.30. The second-order valence-electron chi connectivity index (χ2n) is 3.24. The number of nitrogens with one attached hydrogen (secondary N) is 1. The topological polar surface area (TPSA) is 88.0 Å². The minimum Gasteiger partial charge on any atom is -0.351 e. The molecule has 1 aromatic heterocycles. The smallest absolute Gasteiger partial charge is 0.188 e. The molecule has 92 valence electrons. The van der Waals surface area contributed by atoms with Crippen LogP contribution in [-0.4, -0.2) is 35.5 Å². The minimum absolute atomic E-state index is 0.348. The van der Waals surface area contributed by atoms with Gasteiger partial charge in [0.05, 0.1) is 17.8 Å². The summed E-state index contributed by atoms with van der Waals surface area (Å²) in [5, 5.41) is 15.3. The molecular formula is C11H15N3O3. The SMILES string of the molecule is CCOC(OCC)C(C#N)C(=O)c1cn[nH]c1. The molecule has 0 aliphatic heterocycles. The van der Waals surface area contributed by atoms with Gasteiger partial charge in [-0.2, -0.15) is 10.4 Å². The van der Waals surface area contributed by atoms with Crippen LogP contribution in [0.15, 0.2) is 12.4 Å². The van der Waals surface area contributed by atoms with Gasteiger partial charge in [-0.05, 0) is 13.8 Å². The van der Waals surface area contributed by atoms with Gasteiger partial charge in [-0.1, -0.05) is 0 Å². The minimum atomic E-state index is -0.979. The van der Waals surface area contributed by atoms with Gasteiger partial charge in [0.15, 0.2) is 18.0 Å². The van der Waals surface area contributed by atoms with E-state index in [1.165, 1.54) is 12.4 Å². The zero-order valence-corrected chi connectivity index (χ0v) is 9.84. The zero-order chi connectivity index (χ0) is 12.7. The standard InChI is InChI=1S/C11H15N3O3/c1-3-16-11(17-4-2)9(5-12)10(15)8-6-13-14-7-8/h6-7,9,11H,3-4H2,1-2H3,(H,13,14). The predicted molar refractivity (Wildman–Crippen MR) is 59.1 cm³/mol. The van der Waals surface area contributed by atoms with E-state index in [2.05, 4.69) is 10.2 Å². The number of carbonyl (C=O) groups excluding carboxylic acids is 1. The number of H-pyrrole nitrogens is 1. The molecule has 0 fully saturated rings. The van der Waals surface area contributed by atoms with Crippen LogP contribution < -0.4 is 0 Å². The lowest BCUT2D eigenvalue weighted by Crippen LogP contribution is -2.32. The van der Waals surface area contributed by atoms with Crippen molar-refractivity contribution in [2.24, 2.45) is 5.92 Å². The third kappa shape index (κ3) is 3.37. The fourth-order valence-electron chi connectivity index (χ4n) is 1.38. The summed E-state index contributed by atoms with van der Waals surface area (Å²) >= 11 is 0. The predicted octanol–water partition coefficient (Wildman–Crippen LogP) is 1.13. The average molecular weight is 237 g/mol. The lowest BCUT2D eigenvalue weighted by molar-refractivity contribution is -0.147. The summed E-state index contributed by atoms with van der Waals surface area (Å²) < 4.78 is 10.5. The van der Waals surface area contributed by atoms with Crippen molar-refractivity contribution in [1.29, 1.82) is 5.26 Å². The molecule has 0 saturated heterocycles. The van der Waals surface area contributed by atoms with Gasteiger partial charge in [0.25, 0.3) is 0 Å². The van der Waals surface area contributed by atoms with Crippen molar-refractivity contribution in [2.45, 2.75) is 20.1 Å². The second-order valence-corrected chi connectivity index (χ2v) is 3.24. The lowest BCUT2D eigenvalue weighted by atomic mass is 10.0. The van der Waals surface area contributed by atoms with Crippen LogP contribution in [0.2, 0.25) is 0 Å². The molecule has 1 aromatic rings. The van der Waals surface area contributed by atoms with Crippen molar-refractivity contribution in [3.05, 3.63) is 18.0 Å². The number of nitrogens with zero attached hydrogens (tertiary/aromatic N) is 2. The van der Waals surface area contributed by atoms with E-state index < -0.39 is 12.2 Å². The quantitative estimate of drug-likeness (QED) is 0.567. The largest absolute Gasteiger partial charge is 0.351 e. The van der Waals surface area contributed by atoms with Gasteiger partial charge < -0.3 is 9.47 Å².